The van der Waals surface area contributed by atoms with Gasteiger partial charge in [-0.25, -0.2) is 4.79 Å². The fourth-order valence-electron chi connectivity index (χ4n) is 2.45. The highest BCUT2D eigenvalue weighted by Gasteiger charge is 2.53. The molecule has 110 valence electrons. The number of allylic oxidation sites excluding steroid dienone is 1. The Morgan fingerprint density at radius 2 is 2.45 bits per heavy atom. The summed E-state index contributed by atoms with van der Waals surface area (Å²) in [6.45, 7) is 4.96. The summed E-state index contributed by atoms with van der Waals surface area (Å²) in [7, 11) is 1.28. The number of hydrogen-bond acceptors (Lipinski definition) is 5. The SMILES string of the molecule is C=C1C=CN([C@@H]2CC(C)(C(=O)OC)[C@@H](CO)O2)C(=O)N1. The van der Waals surface area contributed by atoms with Gasteiger partial charge in [0.2, 0.25) is 0 Å². The van der Waals surface area contributed by atoms with Crippen LogP contribution in [-0.2, 0) is 14.3 Å². The third kappa shape index (κ3) is 2.30. The first kappa shape index (κ1) is 14.5. The Morgan fingerprint density at radius 1 is 1.75 bits per heavy atom. The van der Waals surface area contributed by atoms with Crippen LogP contribution in [0.2, 0.25) is 0 Å². The minimum Gasteiger partial charge on any atom is -0.469 e. The third-order valence-electron chi connectivity index (χ3n) is 3.70. The summed E-state index contributed by atoms with van der Waals surface area (Å²) in [5, 5.41) is 11.9. The molecule has 2 amide bonds. The molecule has 1 fully saturated rings. The molecule has 7 heteroatoms. The summed E-state index contributed by atoms with van der Waals surface area (Å²) in [4.78, 5) is 25.1. The molecule has 2 heterocycles. The van der Waals surface area contributed by atoms with Gasteiger partial charge in [0.25, 0.3) is 0 Å². The number of esters is 1. The van der Waals surface area contributed by atoms with E-state index in [0.29, 0.717) is 5.70 Å². The summed E-state index contributed by atoms with van der Waals surface area (Å²) >= 11 is 0. The zero-order chi connectivity index (χ0) is 14.9. The van der Waals surface area contributed by atoms with Gasteiger partial charge in [0.15, 0.2) is 0 Å². The number of nitrogens with one attached hydrogen (secondary N) is 1. The van der Waals surface area contributed by atoms with E-state index in [2.05, 4.69) is 11.9 Å². The predicted octanol–water partition coefficient (Wildman–Crippen LogP) is 0.326. The highest BCUT2D eigenvalue weighted by atomic mass is 16.6. The van der Waals surface area contributed by atoms with Crippen molar-refractivity contribution in [3.63, 3.8) is 0 Å². The molecule has 0 aromatic carbocycles. The molecule has 2 aliphatic heterocycles. The van der Waals surface area contributed by atoms with Gasteiger partial charge in [-0.1, -0.05) is 6.58 Å². The number of rotatable bonds is 3. The number of carbonyl (C=O) groups excluding carboxylic acids is 2. The molecule has 2 rings (SSSR count). The highest BCUT2D eigenvalue weighted by Crippen LogP contribution is 2.40. The van der Waals surface area contributed by atoms with Crippen LogP contribution in [0.15, 0.2) is 24.6 Å². The number of nitrogens with zero attached hydrogens (tertiary/aromatic N) is 1. The molecule has 1 saturated heterocycles. The van der Waals surface area contributed by atoms with E-state index in [-0.39, 0.29) is 19.1 Å². The lowest BCUT2D eigenvalue weighted by molar-refractivity contribution is -0.156. The standard InChI is InChI=1S/C13H18N2O5/c1-8-4-5-15(12(18)14-8)10-6-13(2,11(17)19-3)9(7-16)20-10/h4-5,9-10,16H,1,6-7H2,2-3H3,(H,14,18)/t9-,10+,13?/m1/s1. The number of amides is 2. The number of carbonyl (C=O) groups is 2. The lowest BCUT2D eigenvalue weighted by atomic mass is 9.83. The molecule has 20 heavy (non-hydrogen) atoms. The first-order valence-corrected chi connectivity index (χ1v) is 6.23. The summed E-state index contributed by atoms with van der Waals surface area (Å²) in [6, 6.07) is -0.381. The van der Waals surface area contributed by atoms with Gasteiger partial charge in [-0.3, -0.25) is 9.69 Å². The maximum absolute atomic E-state index is 11.9. The van der Waals surface area contributed by atoms with E-state index in [0.717, 1.165) is 0 Å². The van der Waals surface area contributed by atoms with Crippen LogP contribution in [0, 0.1) is 5.41 Å². The molecule has 0 radical (unpaired) electrons. The predicted molar refractivity (Wildman–Crippen MR) is 69.1 cm³/mol. The van der Waals surface area contributed by atoms with Gasteiger partial charge in [0, 0.05) is 18.3 Å². The van der Waals surface area contributed by atoms with E-state index in [1.165, 1.54) is 12.0 Å². The lowest BCUT2D eigenvalue weighted by Crippen LogP contribution is -2.44. The summed E-state index contributed by atoms with van der Waals surface area (Å²) in [5.74, 6) is -0.468. The Labute approximate surface area is 116 Å². The molecule has 0 aliphatic carbocycles. The van der Waals surface area contributed by atoms with Crippen molar-refractivity contribution in [3.8, 4) is 0 Å². The largest absolute Gasteiger partial charge is 0.469 e. The number of urea groups is 1. The van der Waals surface area contributed by atoms with E-state index in [9.17, 15) is 14.7 Å². The van der Waals surface area contributed by atoms with E-state index in [1.54, 1.807) is 19.2 Å². The molecular formula is C13H18N2O5. The van der Waals surface area contributed by atoms with Crippen molar-refractivity contribution in [1.82, 2.24) is 10.2 Å². The van der Waals surface area contributed by atoms with Gasteiger partial charge in [0.05, 0.1) is 25.2 Å². The Bertz CT molecular complexity index is 475. The van der Waals surface area contributed by atoms with Gasteiger partial charge in [-0.05, 0) is 13.0 Å². The van der Waals surface area contributed by atoms with Crippen molar-refractivity contribution in [2.75, 3.05) is 13.7 Å². The van der Waals surface area contributed by atoms with Crippen LogP contribution in [0.25, 0.3) is 0 Å². The van der Waals surface area contributed by atoms with Crippen molar-refractivity contribution < 1.29 is 24.2 Å². The normalized spacial score (nSPS) is 33.2. The van der Waals surface area contributed by atoms with Crippen LogP contribution in [-0.4, -0.2) is 48.1 Å². The van der Waals surface area contributed by atoms with Crippen LogP contribution in [0.4, 0.5) is 4.79 Å². The number of aliphatic hydroxyl groups is 1. The Hall–Kier alpha value is -1.86. The van der Waals surface area contributed by atoms with Crippen molar-refractivity contribution in [2.24, 2.45) is 5.41 Å². The van der Waals surface area contributed by atoms with E-state index in [4.69, 9.17) is 9.47 Å². The second-order valence-electron chi connectivity index (χ2n) is 5.05. The Morgan fingerprint density at radius 3 is 3.00 bits per heavy atom. The monoisotopic (exact) mass is 282 g/mol. The van der Waals surface area contributed by atoms with Gasteiger partial charge in [-0.2, -0.15) is 0 Å². The second-order valence-corrected chi connectivity index (χ2v) is 5.05. The zero-order valence-corrected chi connectivity index (χ0v) is 11.5. The van der Waals surface area contributed by atoms with Crippen molar-refractivity contribution in [3.05, 3.63) is 24.6 Å². The smallest absolute Gasteiger partial charge is 0.327 e. The molecule has 0 spiro atoms. The quantitative estimate of drug-likeness (QED) is 0.728. The van der Waals surface area contributed by atoms with Crippen molar-refractivity contribution >= 4 is 12.0 Å². The molecule has 3 atom stereocenters. The van der Waals surface area contributed by atoms with Gasteiger partial charge >= 0.3 is 12.0 Å². The van der Waals surface area contributed by atoms with Crippen LogP contribution in [0.3, 0.4) is 0 Å². The maximum atomic E-state index is 11.9. The Balaban J connectivity index is 2.21. The second kappa shape index (κ2) is 5.26. The molecular weight excluding hydrogens is 264 g/mol. The molecule has 7 nitrogen and oxygen atoms in total. The highest BCUT2D eigenvalue weighted by molar-refractivity contribution is 5.80. The molecule has 0 bridgehead atoms. The van der Waals surface area contributed by atoms with Crippen LogP contribution in [0.1, 0.15) is 13.3 Å². The van der Waals surface area contributed by atoms with E-state index in [1.807, 2.05) is 0 Å². The average Bonchev–Trinajstić information content (AvgIpc) is 2.76. The van der Waals surface area contributed by atoms with Crippen LogP contribution >= 0.6 is 0 Å². The van der Waals surface area contributed by atoms with Crippen molar-refractivity contribution in [1.29, 1.82) is 0 Å². The zero-order valence-electron chi connectivity index (χ0n) is 11.5. The van der Waals surface area contributed by atoms with Gasteiger partial charge < -0.3 is 19.9 Å². The Kier molecular flexibility index (Phi) is 3.82. The van der Waals surface area contributed by atoms with E-state index >= 15 is 0 Å². The molecule has 0 aromatic heterocycles. The fraction of sp³-hybridized carbons (Fsp3) is 0.538. The third-order valence-corrected chi connectivity index (χ3v) is 3.70. The first-order valence-electron chi connectivity index (χ1n) is 6.23. The average molecular weight is 282 g/mol. The summed E-state index contributed by atoms with van der Waals surface area (Å²) in [5.41, 5.74) is -0.504. The van der Waals surface area contributed by atoms with Crippen LogP contribution < -0.4 is 5.32 Å². The summed E-state index contributed by atoms with van der Waals surface area (Å²) < 4.78 is 10.4. The molecule has 2 aliphatic rings. The molecule has 0 saturated carbocycles. The molecule has 0 aromatic rings. The van der Waals surface area contributed by atoms with E-state index < -0.39 is 23.7 Å². The van der Waals surface area contributed by atoms with Gasteiger partial charge in [-0.15, -0.1) is 0 Å². The fourth-order valence-corrected chi connectivity index (χ4v) is 2.45. The molecule has 1 unspecified atom stereocenters. The number of hydrogen-bond donors (Lipinski definition) is 2. The van der Waals surface area contributed by atoms with Crippen LogP contribution in [0.5, 0.6) is 0 Å². The maximum Gasteiger partial charge on any atom is 0.327 e. The minimum absolute atomic E-state index is 0.245. The molecule has 2 N–H and O–H groups in total. The number of ether oxygens (including phenoxy) is 2. The minimum atomic E-state index is -0.989. The lowest BCUT2D eigenvalue weighted by Gasteiger charge is -2.28. The summed E-state index contributed by atoms with van der Waals surface area (Å²) in [6.07, 6.45) is 2.07. The number of aliphatic hydroxyl groups excluding tert-OH is 1. The van der Waals surface area contributed by atoms with Gasteiger partial charge in [0.1, 0.15) is 6.23 Å². The number of methoxy groups -OCH3 is 1. The first-order chi connectivity index (χ1) is 9.42. The van der Waals surface area contributed by atoms with Crippen molar-refractivity contribution in [2.45, 2.75) is 25.7 Å². The topological polar surface area (TPSA) is 88.1 Å².